The second kappa shape index (κ2) is 9.91. The Morgan fingerprint density at radius 3 is 2.59 bits per heavy atom. The zero-order valence-electron chi connectivity index (χ0n) is 17.0. The Morgan fingerprint density at radius 1 is 1.17 bits per heavy atom. The molecule has 1 saturated heterocycles. The molecule has 2 heterocycles. The van der Waals surface area contributed by atoms with Crippen LogP contribution >= 0.6 is 0 Å². The van der Waals surface area contributed by atoms with Crippen LogP contribution in [0.3, 0.4) is 0 Å². The standard InChI is InChI=1S/C22H28N4O3/c1-3-29-22(28)26-12-9-18(10-13-26)25-21(27)20-14-19(8-11-23-20)24-15-17-6-4-16(2)5-7-17/h4-8,11,14,18H,3,9-10,12-13,15H2,1-2H3,(H,23,24)(H,25,27). The Hall–Kier alpha value is -3.09. The summed E-state index contributed by atoms with van der Waals surface area (Å²) in [5.74, 6) is -0.196. The van der Waals surface area contributed by atoms with Crippen molar-refractivity contribution in [3.05, 3.63) is 59.4 Å². The maximum absolute atomic E-state index is 12.6. The molecule has 0 atom stereocenters. The second-order valence-electron chi connectivity index (χ2n) is 7.20. The van der Waals surface area contributed by atoms with Gasteiger partial charge in [0, 0.05) is 37.6 Å². The van der Waals surface area contributed by atoms with Crippen LogP contribution in [-0.4, -0.2) is 47.6 Å². The average molecular weight is 396 g/mol. The number of likely N-dealkylation sites (tertiary alicyclic amines) is 1. The van der Waals surface area contributed by atoms with Gasteiger partial charge in [0.2, 0.25) is 0 Å². The van der Waals surface area contributed by atoms with Gasteiger partial charge in [0.15, 0.2) is 0 Å². The summed E-state index contributed by atoms with van der Waals surface area (Å²) in [7, 11) is 0. The number of nitrogens with one attached hydrogen (secondary N) is 2. The van der Waals surface area contributed by atoms with E-state index >= 15 is 0 Å². The highest BCUT2D eigenvalue weighted by atomic mass is 16.6. The van der Waals surface area contributed by atoms with Crippen LogP contribution in [0.4, 0.5) is 10.5 Å². The number of rotatable bonds is 6. The van der Waals surface area contributed by atoms with E-state index in [0.717, 1.165) is 5.69 Å². The summed E-state index contributed by atoms with van der Waals surface area (Å²) in [6.45, 7) is 6.06. The highest BCUT2D eigenvalue weighted by molar-refractivity contribution is 5.93. The lowest BCUT2D eigenvalue weighted by Crippen LogP contribution is -2.46. The van der Waals surface area contributed by atoms with E-state index < -0.39 is 0 Å². The zero-order chi connectivity index (χ0) is 20.6. The summed E-state index contributed by atoms with van der Waals surface area (Å²) in [5, 5.41) is 6.36. The molecule has 7 heteroatoms. The molecular weight excluding hydrogens is 368 g/mol. The van der Waals surface area contributed by atoms with Gasteiger partial charge in [-0.05, 0) is 44.4 Å². The van der Waals surface area contributed by atoms with Gasteiger partial charge < -0.3 is 20.3 Å². The first-order valence-electron chi connectivity index (χ1n) is 10.0. The summed E-state index contributed by atoms with van der Waals surface area (Å²) in [4.78, 5) is 30.2. The summed E-state index contributed by atoms with van der Waals surface area (Å²) in [6.07, 6.45) is 2.76. The van der Waals surface area contributed by atoms with Gasteiger partial charge in [0.1, 0.15) is 5.69 Å². The number of pyridine rings is 1. The monoisotopic (exact) mass is 396 g/mol. The predicted molar refractivity (Wildman–Crippen MR) is 112 cm³/mol. The van der Waals surface area contributed by atoms with Crippen molar-refractivity contribution in [1.82, 2.24) is 15.2 Å². The number of piperidine rings is 1. The Labute approximate surface area is 171 Å². The number of aryl methyl sites for hydroxylation is 1. The molecule has 0 radical (unpaired) electrons. The van der Waals surface area contributed by atoms with Crippen LogP contribution in [0.5, 0.6) is 0 Å². The lowest BCUT2D eigenvalue weighted by molar-refractivity contribution is 0.0856. The normalized spacial score (nSPS) is 14.3. The topological polar surface area (TPSA) is 83.6 Å². The molecule has 7 nitrogen and oxygen atoms in total. The molecule has 1 fully saturated rings. The van der Waals surface area contributed by atoms with Gasteiger partial charge in [-0.3, -0.25) is 9.78 Å². The van der Waals surface area contributed by atoms with Crippen LogP contribution in [0, 0.1) is 6.92 Å². The third-order valence-electron chi connectivity index (χ3n) is 4.97. The van der Waals surface area contributed by atoms with Crippen LogP contribution in [-0.2, 0) is 11.3 Å². The summed E-state index contributed by atoms with van der Waals surface area (Å²) in [6, 6.07) is 12.0. The van der Waals surface area contributed by atoms with Gasteiger partial charge >= 0.3 is 6.09 Å². The Kier molecular flexibility index (Phi) is 7.05. The average Bonchev–Trinajstić information content (AvgIpc) is 2.74. The Balaban J connectivity index is 1.50. The first-order chi connectivity index (χ1) is 14.0. The van der Waals surface area contributed by atoms with Crippen LogP contribution in [0.15, 0.2) is 42.6 Å². The number of carbonyl (C=O) groups is 2. The molecule has 29 heavy (non-hydrogen) atoms. The molecule has 3 rings (SSSR count). The number of nitrogens with zero attached hydrogens (tertiary/aromatic N) is 2. The maximum Gasteiger partial charge on any atom is 0.409 e. The van der Waals surface area contributed by atoms with Crippen LogP contribution in [0.25, 0.3) is 0 Å². The number of carbonyl (C=O) groups excluding carboxylic acids is 2. The van der Waals surface area contributed by atoms with Gasteiger partial charge in [0.05, 0.1) is 6.61 Å². The van der Waals surface area contributed by atoms with Crippen molar-refractivity contribution in [2.45, 2.75) is 39.3 Å². The molecule has 2 N–H and O–H groups in total. The van der Waals surface area contributed by atoms with Gasteiger partial charge in [-0.15, -0.1) is 0 Å². The number of ether oxygens (including phenoxy) is 1. The molecule has 1 aromatic heterocycles. The SMILES string of the molecule is CCOC(=O)N1CCC(NC(=O)c2cc(NCc3ccc(C)cc3)ccn2)CC1. The van der Waals surface area contributed by atoms with E-state index in [0.29, 0.717) is 44.8 Å². The van der Waals surface area contributed by atoms with Crippen LogP contribution in [0.1, 0.15) is 41.4 Å². The molecule has 2 amide bonds. The van der Waals surface area contributed by atoms with Crippen LogP contribution in [0.2, 0.25) is 0 Å². The summed E-state index contributed by atoms with van der Waals surface area (Å²) < 4.78 is 5.02. The van der Waals surface area contributed by atoms with Gasteiger partial charge in [-0.1, -0.05) is 29.8 Å². The molecule has 0 unspecified atom stereocenters. The molecule has 2 aromatic rings. The van der Waals surface area contributed by atoms with E-state index in [1.807, 2.05) is 6.07 Å². The minimum Gasteiger partial charge on any atom is -0.450 e. The lowest BCUT2D eigenvalue weighted by Gasteiger charge is -2.31. The molecule has 0 aliphatic carbocycles. The van der Waals surface area contributed by atoms with Crippen molar-refractivity contribution in [2.24, 2.45) is 0 Å². The predicted octanol–water partition coefficient (Wildman–Crippen LogP) is 3.35. The quantitative estimate of drug-likeness (QED) is 0.782. The molecule has 154 valence electrons. The zero-order valence-corrected chi connectivity index (χ0v) is 17.0. The lowest BCUT2D eigenvalue weighted by atomic mass is 10.1. The second-order valence-corrected chi connectivity index (χ2v) is 7.20. The van der Waals surface area contributed by atoms with Gasteiger partial charge in [-0.25, -0.2) is 4.79 Å². The molecule has 1 aliphatic rings. The molecule has 0 spiro atoms. The number of hydrogen-bond acceptors (Lipinski definition) is 5. The van der Waals surface area contributed by atoms with E-state index in [4.69, 9.17) is 4.74 Å². The molecule has 0 bridgehead atoms. The molecule has 0 saturated carbocycles. The molecule has 1 aromatic carbocycles. The van der Waals surface area contributed by atoms with E-state index in [9.17, 15) is 9.59 Å². The fraction of sp³-hybridized carbons (Fsp3) is 0.409. The fourth-order valence-electron chi connectivity index (χ4n) is 3.26. The van der Waals surface area contributed by atoms with Gasteiger partial charge in [0.25, 0.3) is 5.91 Å². The number of amides is 2. The van der Waals surface area contributed by atoms with Crippen molar-refractivity contribution < 1.29 is 14.3 Å². The largest absolute Gasteiger partial charge is 0.450 e. The highest BCUT2D eigenvalue weighted by Gasteiger charge is 2.25. The van der Waals surface area contributed by atoms with Gasteiger partial charge in [-0.2, -0.15) is 0 Å². The maximum atomic E-state index is 12.6. The van der Waals surface area contributed by atoms with E-state index in [2.05, 4.69) is 46.8 Å². The van der Waals surface area contributed by atoms with Crippen molar-refractivity contribution in [3.8, 4) is 0 Å². The minimum atomic E-state index is -0.286. The highest BCUT2D eigenvalue weighted by Crippen LogP contribution is 2.14. The molecular formula is C22H28N4O3. The van der Waals surface area contributed by atoms with E-state index in [1.54, 1.807) is 24.1 Å². The minimum absolute atomic E-state index is 0.0270. The van der Waals surface area contributed by atoms with E-state index in [1.165, 1.54) is 11.1 Å². The van der Waals surface area contributed by atoms with Crippen molar-refractivity contribution >= 4 is 17.7 Å². The van der Waals surface area contributed by atoms with Crippen molar-refractivity contribution in [2.75, 3.05) is 25.0 Å². The number of benzene rings is 1. The number of hydrogen-bond donors (Lipinski definition) is 2. The smallest absolute Gasteiger partial charge is 0.409 e. The summed E-state index contributed by atoms with van der Waals surface area (Å²) >= 11 is 0. The number of anilines is 1. The third kappa shape index (κ3) is 5.94. The van der Waals surface area contributed by atoms with Crippen molar-refractivity contribution in [1.29, 1.82) is 0 Å². The number of aromatic nitrogens is 1. The first kappa shape index (κ1) is 20.6. The summed E-state index contributed by atoms with van der Waals surface area (Å²) in [5.41, 5.74) is 3.63. The third-order valence-corrected chi connectivity index (χ3v) is 4.97. The Morgan fingerprint density at radius 2 is 1.90 bits per heavy atom. The fourth-order valence-corrected chi connectivity index (χ4v) is 3.26. The Bertz CT molecular complexity index is 830. The first-order valence-corrected chi connectivity index (χ1v) is 10.0. The van der Waals surface area contributed by atoms with E-state index in [-0.39, 0.29) is 18.0 Å². The van der Waals surface area contributed by atoms with Crippen molar-refractivity contribution in [3.63, 3.8) is 0 Å². The van der Waals surface area contributed by atoms with Crippen LogP contribution < -0.4 is 10.6 Å². The molecule has 1 aliphatic heterocycles.